The van der Waals surface area contributed by atoms with Crippen LogP contribution in [0.2, 0.25) is 0 Å². The van der Waals surface area contributed by atoms with Gasteiger partial charge in [-0.05, 0) is 25.3 Å². The molecule has 0 saturated carbocycles. The summed E-state index contributed by atoms with van der Waals surface area (Å²) in [4.78, 5) is 14.2. The zero-order chi connectivity index (χ0) is 13.9. The molecule has 20 heavy (non-hydrogen) atoms. The van der Waals surface area contributed by atoms with Crippen molar-refractivity contribution in [2.24, 2.45) is 5.92 Å². The second-order valence-electron chi connectivity index (χ2n) is 5.15. The van der Waals surface area contributed by atoms with Crippen LogP contribution >= 0.6 is 0 Å². The zero-order valence-corrected chi connectivity index (χ0v) is 11.0. The van der Waals surface area contributed by atoms with Crippen LogP contribution < -0.4 is 5.32 Å². The third-order valence-electron chi connectivity index (χ3n) is 3.83. The van der Waals surface area contributed by atoms with Crippen molar-refractivity contribution in [2.75, 3.05) is 18.5 Å². The van der Waals surface area contributed by atoms with E-state index in [0.29, 0.717) is 18.2 Å². The molecule has 2 fully saturated rings. The Bertz CT molecular complexity index is 484. The van der Waals surface area contributed by atoms with Crippen LogP contribution in [0.15, 0.2) is 18.5 Å². The van der Waals surface area contributed by atoms with Gasteiger partial charge in [-0.15, -0.1) is 0 Å². The normalized spacial score (nSPS) is 28.3. The molecule has 0 spiro atoms. The van der Waals surface area contributed by atoms with E-state index in [1.807, 2.05) is 0 Å². The van der Waals surface area contributed by atoms with Crippen LogP contribution in [-0.4, -0.2) is 35.5 Å². The average Bonchev–Trinajstić information content (AvgIpc) is 3.00. The standard InChI is InChI=1S/C13H17N3O4/c17-16(18)12-8-14-4-2-11(12)15-5-1-10-7-9-3-6-19-13(9)20-10/h2,4,8-10,13H,1,3,5-7H2,(H,14,15). The number of nitrogens with zero attached hydrogens (tertiary/aromatic N) is 2. The molecule has 7 heteroatoms. The minimum absolute atomic E-state index is 0.0000399. The number of fused-ring (bicyclic) bond motifs is 1. The Hall–Kier alpha value is -1.73. The van der Waals surface area contributed by atoms with E-state index in [4.69, 9.17) is 9.47 Å². The molecule has 2 aliphatic heterocycles. The van der Waals surface area contributed by atoms with E-state index in [0.717, 1.165) is 25.9 Å². The SMILES string of the molecule is O=[N+]([O-])c1cnccc1NCCC1CC2CCOC2O1. The van der Waals surface area contributed by atoms with E-state index in [1.165, 1.54) is 6.20 Å². The first-order valence-corrected chi connectivity index (χ1v) is 6.83. The maximum Gasteiger partial charge on any atom is 0.310 e. The van der Waals surface area contributed by atoms with Gasteiger partial charge in [-0.1, -0.05) is 0 Å². The van der Waals surface area contributed by atoms with Crippen LogP contribution in [-0.2, 0) is 9.47 Å². The fourth-order valence-corrected chi connectivity index (χ4v) is 2.80. The van der Waals surface area contributed by atoms with Gasteiger partial charge in [-0.3, -0.25) is 15.1 Å². The third-order valence-corrected chi connectivity index (χ3v) is 3.83. The zero-order valence-electron chi connectivity index (χ0n) is 11.0. The number of nitro groups is 1. The molecule has 1 N–H and O–H groups in total. The van der Waals surface area contributed by atoms with E-state index in [9.17, 15) is 10.1 Å². The summed E-state index contributed by atoms with van der Waals surface area (Å²) >= 11 is 0. The van der Waals surface area contributed by atoms with Gasteiger partial charge in [0.25, 0.3) is 0 Å². The third kappa shape index (κ3) is 2.73. The van der Waals surface area contributed by atoms with Crippen molar-refractivity contribution in [1.29, 1.82) is 0 Å². The highest BCUT2D eigenvalue weighted by Gasteiger charge is 2.39. The lowest BCUT2D eigenvalue weighted by Crippen LogP contribution is -2.16. The van der Waals surface area contributed by atoms with Gasteiger partial charge in [0.1, 0.15) is 11.9 Å². The second-order valence-corrected chi connectivity index (χ2v) is 5.15. The number of hydrogen-bond donors (Lipinski definition) is 1. The van der Waals surface area contributed by atoms with Gasteiger partial charge in [-0.25, -0.2) is 0 Å². The predicted octanol–water partition coefficient (Wildman–Crippen LogP) is 1.94. The van der Waals surface area contributed by atoms with Crippen LogP contribution in [0.5, 0.6) is 0 Å². The quantitative estimate of drug-likeness (QED) is 0.654. The summed E-state index contributed by atoms with van der Waals surface area (Å²) in [5.41, 5.74) is 0.500. The van der Waals surface area contributed by atoms with Crippen molar-refractivity contribution in [3.05, 3.63) is 28.6 Å². The number of anilines is 1. The minimum atomic E-state index is -0.431. The Kier molecular flexibility index (Phi) is 3.79. The van der Waals surface area contributed by atoms with E-state index in [1.54, 1.807) is 12.3 Å². The lowest BCUT2D eigenvalue weighted by Gasteiger charge is -2.13. The predicted molar refractivity (Wildman–Crippen MR) is 71.3 cm³/mol. The highest BCUT2D eigenvalue weighted by Crippen LogP contribution is 2.35. The van der Waals surface area contributed by atoms with E-state index < -0.39 is 4.92 Å². The molecule has 3 rings (SSSR count). The van der Waals surface area contributed by atoms with Crippen molar-refractivity contribution in [3.63, 3.8) is 0 Å². The molecule has 108 valence electrons. The number of aromatic nitrogens is 1. The Morgan fingerprint density at radius 1 is 1.55 bits per heavy atom. The summed E-state index contributed by atoms with van der Waals surface area (Å²) in [7, 11) is 0. The maximum absolute atomic E-state index is 10.9. The molecule has 1 aromatic heterocycles. The van der Waals surface area contributed by atoms with Crippen LogP contribution in [0.4, 0.5) is 11.4 Å². The number of hydrogen-bond acceptors (Lipinski definition) is 6. The summed E-state index contributed by atoms with van der Waals surface area (Å²) in [6, 6.07) is 1.62. The van der Waals surface area contributed by atoms with Gasteiger partial charge < -0.3 is 14.8 Å². The Balaban J connectivity index is 1.50. The molecular formula is C13H17N3O4. The highest BCUT2D eigenvalue weighted by atomic mass is 16.7. The van der Waals surface area contributed by atoms with Crippen molar-refractivity contribution in [3.8, 4) is 0 Å². The molecule has 1 aromatic rings. The van der Waals surface area contributed by atoms with Gasteiger partial charge >= 0.3 is 5.69 Å². The van der Waals surface area contributed by atoms with Crippen LogP contribution in [0.25, 0.3) is 0 Å². The highest BCUT2D eigenvalue weighted by molar-refractivity contribution is 5.59. The number of nitrogens with one attached hydrogen (secondary N) is 1. The molecule has 0 aliphatic carbocycles. The van der Waals surface area contributed by atoms with Gasteiger partial charge in [0, 0.05) is 18.7 Å². The van der Waals surface area contributed by atoms with Crippen molar-refractivity contribution >= 4 is 11.4 Å². The molecule has 3 heterocycles. The molecule has 3 atom stereocenters. The Labute approximate surface area is 116 Å². The molecular weight excluding hydrogens is 262 g/mol. The van der Waals surface area contributed by atoms with Crippen LogP contribution in [0, 0.1) is 16.0 Å². The van der Waals surface area contributed by atoms with Gasteiger partial charge in [-0.2, -0.15) is 0 Å². The number of rotatable bonds is 5. The topological polar surface area (TPSA) is 86.5 Å². The first kappa shape index (κ1) is 13.3. The van der Waals surface area contributed by atoms with Gasteiger partial charge in [0.15, 0.2) is 6.29 Å². The van der Waals surface area contributed by atoms with Crippen LogP contribution in [0.1, 0.15) is 19.3 Å². The molecule has 0 amide bonds. The number of ether oxygens (including phenoxy) is 2. The van der Waals surface area contributed by atoms with Crippen molar-refractivity contribution < 1.29 is 14.4 Å². The first-order chi connectivity index (χ1) is 9.74. The summed E-state index contributed by atoms with van der Waals surface area (Å²) in [6.07, 6.45) is 5.85. The Morgan fingerprint density at radius 3 is 3.25 bits per heavy atom. The van der Waals surface area contributed by atoms with E-state index in [2.05, 4.69) is 10.3 Å². The molecule has 3 unspecified atom stereocenters. The molecule has 2 aliphatic rings. The van der Waals surface area contributed by atoms with Crippen molar-refractivity contribution in [2.45, 2.75) is 31.7 Å². The monoisotopic (exact) mass is 279 g/mol. The van der Waals surface area contributed by atoms with Crippen LogP contribution in [0.3, 0.4) is 0 Å². The number of pyridine rings is 1. The van der Waals surface area contributed by atoms with Crippen molar-refractivity contribution in [1.82, 2.24) is 4.98 Å². The smallest absolute Gasteiger partial charge is 0.310 e. The first-order valence-electron chi connectivity index (χ1n) is 6.83. The fourth-order valence-electron chi connectivity index (χ4n) is 2.80. The summed E-state index contributed by atoms with van der Waals surface area (Å²) in [6.45, 7) is 1.43. The average molecular weight is 279 g/mol. The lowest BCUT2D eigenvalue weighted by atomic mass is 10.0. The minimum Gasteiger partial charge on any atom is -0.379 e. The van der Waals surface area contributed by atoms with E-state index in [-0.39, 0.29) is 18.1 Å². The molecule has 0 bridgehead atoms. The second kappa shape index (κ2) is 5.72. The lowest BCUT2D eigenvalue weighted by molar-refractivity contribution is -0.384. The molecule has 0 radical (unpaired) electrons. The molecule has 7 nitrogen and oxygen atoms in total. The molecule has 2 saturated heterocycles. The van der Waals surface area contributed by atoms with E-state index >= 15 is 0 Å². The van der Waals surface area contributed by atoms with Gasteiger partial charge in [0.2, 0.25) is 0 Å². The fraction of sp³-hybridized carbons (Fsp3) is 0.615. The summed E-state index contributed by atoms with van der Waals surface area (Å²) in [5, 5.41) is 13.9. The summed E-state index contributed by atoms with van der Waals surface area (Å²) < 4.78 is 11.3. The Morgan fingerprint density at radius 2 is 2.45 bits per heavy atom. The summed E-state index contributed by atoms with van der Waals surface area (Å²) in [5.74, 6) is 0.523. The largest absolute Gasteiger partial charge is 0.379 e. The van der Waals surface area contributed by atoms with Gasteiger partial charge in [0.05, 0.1) is 17.6 Å². The molecule has 0 aromatic carbocycles. The maximum atomic E-state index is 10.9.